The second-order valence-corrected chi connectivity index (χ2v) is 9.24. The van der Waals surface area contributed by atoms with Gasteiger partial charge < -0.3 is 4.74 Å². The van der Waals surface area contributed by atoms with Gasteiger partial charge in [0.1, 0.15) is 5.60 Å². The Morgan fingerprint density at radius 2 is 1.69 bits per heavy atom. The van der Waals surface area contributed by atoms with Crippen molar-refractivity contribution in [2.45, 2.75) is 57.5 Å². The molecule has 0 spiro atoms. The number of carbonyl (C=O) groups is 1. The van der Waals surface area contributed by atoms with Crippen molar-refractivity contribution < 1.29 is 17.9 Å². The minimum absolute atomic E-state index is 0.274. The van der Waals surface area contributed by atoms with Crippen LogP contribution in [-0.4, -0.2) is 43.2 Å². The van der Waals surface area contributed by atoms with Crippen LogP contribution in [0.15, 0.2) is 34.3 Å². The fourth-order valence-electron chi connectivity index (χ4n) is 2.62. The topological polar surface area (TPSA) is 88.1 Å². The molecule has 1 heterocycles. The maximum Gasteiger partial charge on any atom is 0.428 e. The predicted molar refractivity (Wildman–Crippen MR) is 101 cm³/mol. The molecule has 8 heteroatoms. The van der Waals surface area contributed by atoms with Crippen molar-refractivity contribution in [2.24, 2.45) is 5.10 Å². The van der Waals surface area contributed by atoms with Gasteiger partial charge in [-0.3, -0.25) is 0 Å². The van der Waals surface area contributed by atoms with Crippen LogP contribution in [0.4, 0.5) is 4.79 Å². The van der Waals surface area contributed by atoms with Gasteiger partial charge in [-0.1, -0.05) is 18.6 Å². The monoisotopic (exact) mass is 381 g/mol. The number of sulfonamides is 1. The third-order valence-corrected chi connectivity index (χ3v) is 5.85. The number of hydrogen-bond donors (Lipinski definition) is 1. The van der Waals surface area contributed by atoms with Crippen LogP contribution in [0.5, 0.6) is 0 Å². The minimum Gasteiger partial charge on any atom is -0.443 e. The van der Waals surface area contributed by atoms with Crippen molar-refractivity contribution in [1.82, 2.24) is 9.73 Å². The van der Waals surface area contributed by atoms with E-state index in [4.69, 9.17) is 4.74 Å². The summed E-state index contributed by atoms with van der Waals surface area (Å²) in [4.78, 5) is 11.9. The Morgan fingerprint density at radius 3 is 2.23 bits per heavy atom. The van der Waals surface area contributed by atoms with Crippen molar-refractivity contribution in [3.05, 3.63) is 29.8 Å². The van der Waals surface area contributed by atoms with Crippen molar-refractivity contribution in [3.63, 3.8) is 0 Å². The van der Waals surface area contributed by atoms with Crippen molar-refractivity contribution in [2.75, 3.05) is 13.1 Å². The molecule has 26 heavy (non-hydrogen) atoms. The zero-order valence-corrected chi connectivity index (χ0v) is 16.6. The number of rotatable bonds is 4. The zero-order valence-electron chi connectivity index (χ0n) is 15.8. The maximum atomic E-state index is 12.6. The molecule has 1 aliphatic rings. The van der Waals surface area contributed by atoms with Crippen molar-refractivity contribution in [1.29, 1.82) is 0 Å². The maximum absolute atomic E-state index is 12.6. The molecule has 1 aromatic carbocycles. The normalized spacial score (nSPS) is 17.0. The molecular formula is C18H27N3O4S. The Hall–Kier alpha value is -1.93. The van der Waals surface area contributed by atoms with Gasteiger partial charge in [-0.15, -0.1) is 0 Å². The molecule has 0 aromatic heterocycles. The molecule has 0 radical (unpaired) electrons. The molecule has 0 bridgehead atoms. The lowest BCUT2D eigenvalue weighted by Crippen LogP contribution is -2.35. The van der Waals surface area contributed by atoms with Gasteiger partial charge in [0.15, 0.2) is 0 Å². The number of piperidine rings is 1. The zero-order chi connectivity index (χ0) is 19.4. The van der Waals surface area contributed by atoms with E-state index in [0.29, 0.717) is 18.8 Å². The molecule has 1 N–H and O–H groups in total. The summed E-state index contributed by atoms with van der Waals surface area (Å²) in [6, 6.07) is 6.52. The van der Waals surface area contributed by atoms with Gasteiger partial charge in [0.2, 0.25) is 10.0 Å². The molecule has 1 aromatic rings. The molecule has 1 fully saturated rings. The van der Waals surface area contributed by atoms with Crippen LogP contribution >= 0.6 is 0 Å². The number of nitrogens with zero attached hydrogens (tertiary/aromatic N) is 2. The third kappa shape index (κ3) is 5.54. The number of nitrogens with one attached hydrogen (secondary N) is 1. The summed E-state index contributed by atoms with van der Waals surface area (Å²) in [7, 11) is -3.45. The summed E-state index contributed by atoms with van der Waals surface area (Å²) in [6.45, 7) is 8.18. The van der Waals surface area contributed by atoms with Gasteiger partial charge in [0, 0.05) is 13.1 Å². The average Bonchev–Trinajstić information content (AvgIpc) is 2.59. The Bertz CT molecular complexity index is 759. The van der Waals surface area contributed by atoms with Gasteiger partial charge in [0.25, 0.3) is 0 Å². The average molecular weight is 381 g/mol. The standard InChI is InChI=1S/C18H27N3O4S/c1-14(19-20-17(22)25-18(2,3)4)15-8-10-16(11-9-15)26(23,24)21-12-6-5-7-13-21/h8-11H,5-7,12-13H2,1-4H3,(H,20,22)/b19-14-. The van der Waals surface area contributed by atoms with Crippen LogP contribution in [0.1, 0.15) is 52.5 Å². The van der Waals surface area contributed by atoms with Gasteiger partial charge >= 0.3 is 6.09 Å². The number of carbonyl (C=O) groups excluding carboxylic acids is 1. The Kier molecular flexibility index (Phi) is 6.41. The largest absolute Gasteiger partial charge is 0.443 e. The lowest BCUT2D eigenvalue weighted by atomic mass is 10.1. The molecule has 2 rings (SSSR count). The summed E-state index contributed by atoms with van der Waals surface area (Å²) in [5.41, 5.74) is 3.01. The van der Waals surface area contributed by atoms with Gasteiger partial charge in [-0.2, -0.15) is 9.41 Å². The lowest BCUT2D eigenvalue weighted by Gasteiger charge is -2.25. The Balaban J connectivity index is 2.06. The second kappa shape index (κ2) is 8.18. The Morgan fingerprint density at radius 1 is 1.12 bits per heavy atom. The number of ether oxygens (including phenoxy) is 1. The fourth-order valence-corrected chi connectivity index (χ4v) is 4.13. The van der Waals surface area contributed by atoms with E-state index in [9.17, 15) is 13.2 Å². The molecule has 0 unspecified atom stereocenters. The first-order valence-electron chi connectivity index (χ1n) is 8.73. The SMILES string of the molecule is C/C(=N/NC(=O)OC(C)(C)C)c1ccc(S(=O)(=O)N2CCCCC2)cc1. The van der Waals surface area contributed by atoms with E-state index in [1.54, 1.807) is 52.0 Å². The van der Waals surface area contributed by atoms with Crippen LogP contribution < -0.4 is 5.43 Å². The number of hydrazone groups is 1. The predicted octanol–water partition coefficient (Wildman–Crippen LogP) is 3.11. The highest BCUT2D eigenvalue weighted by Gasteiger charge is 2.25. The van der Waals surface area contributed by atoms with Crippen molar-refractivity contribution >= 4 is 21.8 Å². The number of hydrogen-bond acceptors (Lipinski definition) is 5. The van der Waals surface area contributed by atoms with Gasteiger partial charge in [0.05, 0.1) is 10.6 Å². The molecule has 7 nitrogen and oxygen atoms in total. The molecule has 0 saturated carbocycles. The van der Waals surface area contributed by atoms with E-state index < -0.39 is 21.7 Å². The minimum atomic E-state index is -3.45. The summed E-state index contributed by atoms with van der Waals surface area (Å²) in [5, 5.41) is 3.99. The second-order valence-electron chi connectivity index (χ2n) is 7.30. The molecule has 1 aliphatic heterocycles. The van der Waals surface area contributed by atoms with Crippen LogP contribution in [-0.2, 0) is 14.8 Å². The molecule has 144 valence electrons. The summed E-state index contributed by atoms with van der Waals surface area (Å²) in [6.07, 6.45) is 2.24. The van der Waals surface area contributed by atoms with E-state index in [2.05, 4.69) is 10.5 Å². The number of amides is 1. The summed E-state index contributed by atoms with van der Waals surface area (Å²) >= 11 is 0. The van der Waals surface area contributed by atoms with Crippen LogP contribution in [0, 0.1) is 0 Å². The molecule has 1 amide bonds. The summed E-state index contributed by atoms with van der Waals surface area (Å²) in [5.74, 6) is 0. The molecule has 0 aliphatic carbocycles. The number of benzene rings is 1. The van der Waals surface area contributed by atoms with Crippen molar-refractivity contribution in [3.8, 4) is 0 Å². The van der Waals surface area contributed by atoms with Crippen LogP contribution in [0.25, 0.3) is 0 Å². The van der Waals surface area contributed by atoms with Crippen LogP contribution in [0.3, 0.4) is 0 Å². The molecule has 0 atom stereocenters. The van der Waals surface area contributed by atoms with Gasteiger partial charge in [-0.05, 0) is 58.2 Å². The van der Waals surface area contributed by atoms with E-state index in [1.807, 2.05) is 0 Å². The smallest absolute Gasteiger partial charge is 0.428 e. The lowest BCUT2D eigenvalue weighted by molar-refractivity contribution is 0.0529. The van der Waals surface area contributed by atoms with E-state index in [0.717, 1.165) is 24.8 Å². The quantitative estimate of drug-likeness (QED) is 0.641. The van der Waals surface area contributed by atoms with E-state index in [-0.39, 0.29) is 4.90 Å². The molecule has 1 saturated heterocycles. The molecular weight excluding hydrogens is 354 g/mol. The first-order valence-corrected chi connectivity index (χ1v) is 10.2. The van der Waals surface area contributed by atoms with Crippen LogP contribution in [0.2, 0.25) is 0 Å². The summed E-state index contributed by atoms with van der Waals surface area (Å²) < 4.78 is 31.9. The van der Waals surface area contributed by atoms with E-state index >= 15 is 0 Å². The Labute approximate surface area is 155 Å². The fraction of sp³-hybridized carbons (Fsp3) is 0.556. The highest BCUT2D eigenvalue weighted by atomic mass is 32.2. The highest BCUT2D eigenvalue weighted by Crippen LogP contribution is 2.21. The first-order chi connectivity index (χ1) is 12.1. The van der Waals surface area contributed by atoms with Gasteiger partial charge in [-0.25, -0.2) is 18.6 Å². The highest BCUT2D eigenvalue weighted by molar-refractivity contribution is 7.89. The van der Waals surface area contributed by atoms with E-state index in [1.165, 1.54) is 4.31 Å². The first kappa shape index (κ1) is 20.4. The third-order valence-electron chi connectivity index (χ3n) is 3.94.